The number of para-hydroxylation sites is 1. The molecule has 1 aliphatic heterocycles. The van der Waals surface area contributed by atoms with Crippen LogP contribution in [-0.2, 0) is 4.79 Å². The van der Waals surface area contributed by atoms with Crippen molar-refractivity contribution >= 4 is 23.4 Å². The van der Waals surface area contributed by atoms with Gasteiger partial charge in [-0.3, -0.25) is 10.1 Å². The molecule has 0 saturated carbocycles. The summed E-state index contributed by atoms with van der Waals surface area (Å²) < 4.78 is 13.8. The minimum Gasteiger partial charge on any atom is -0.326 e. The van der Waals surface area contributed by atoms with E-state index in [0.29, 0.717) is 18.8 Å². The highest BCUT2D eigenvalue weighted by atomic mass is 19.1. The van der Waals surface area contributed by atoms with E-state index < -0.39 is 17.9 Å². The highest BCUT2D eigenvalue weighted by molar-refractivity contribution is 6.02. The average Bonchev–Trinajstić information content (AvgIpc) is 2.90. The predicted molar refractivity (Wildman–Crippen MR) is 83.5 cm³/mol. The molecule has 1 fully saturated rings. The third-order valence-electron chi connectivity index (χ3n) is 3.56. The van der Waals surface area contributed by atoms with Crippen LogP contribution in [-0.4, -0.2) is 29.5 Å². The van der Waals surface area contributed by atoms with Gasteiger partial charge in [0, 0.05) is 12.7 Å². The summed E-state index contributed by atoms with van der Waals surface area (Å²) in [5.74, 6) is -0.396. The molecule has 2 heterocycles. The summed E-state index contributed by atoms with van der Waals surface area (Å²) in [5.41, 5.74) is 0.229. The second-order valence-electron chi connectivity index (χ2n) is 5.10. The maximum Gasteiger partial charge on any atom is 0.321 e. The number of carbonyl (C=O) groups is 2. The van der Waals surface area contributed by atoms with Crippen LogP contribution < -0.4 is 15.5 Å². The van der Waals surface area contributed by atoms with E-state index in [4.69, 9.17) is 0 Å². The molecule has 1 aromatic heterocycles. The fraction of sp³-hybridized carbons (Fsp3) is 0.188. The van der Waals surface area contributed by atoms with Gasteiger partial charge >= 0.3 is 6.03 Å². The summed E-state index contributed by atoms with van der Waals surface area (Å²) in [4.78, 5) is 29.6. The number of amides is 3. The molecule has 1 aromatic carbocycles. The van der Waals surface area contributed by atoms with Crippen molar-refractivity contribution in [2.45, 2.75) is 12.5 Å². The van der Waals surface area contributed by atoms with E-state index in [9.17, 15) is 14.0 Å². The molecule has 0 bridgehead atoms. The van der Waals surface area contributed by atoms with Crippen LogP contribution >= 0.6 is 0 Å². The average molecular weight is 314 g/mol. The Hall–Kier alpha value is -2.96. The molecule has 0 aliphatic carbocycles. The van der Waals surface area contributed by atoms with E-state index in [2.05, 4.69) is 15.6 Å². The zero-order valence-corrected chi connectivity index (χ0v) is 12.2. The monoisotopic (exact) mass is 314 g/mol. The van der Waals surface area contributed by atoms with E-state index in [-0.39, 0.29) is 11.6 Å². The van der Waals surface area contributed by atoms with Gasteiger partial charge in [0.15, 0.2) is 0 Å². The van der Waals surface area contributed by atoms with Crippen molar-refractivity contribution in [3.05, 3.63) is 54.5 Å². The molecular weight excluding hydrogens is 299 g/mol. The number of aromatic nitrogens is 1. The molecule has 23 heavy (non-hydrogen) atoms. The SMILES string of the molecule is O=C(Nc1ccccn1)N[C@H]1CCN(c2ccccc2F)C1=O. The molecule has 118 valence electrons. The molecule has 1 atom stereocenters. The van der Waals surface area contributed by atoms with Crippen LogP contribution in [0.15, 0.2) is 48.7 Å². The number of hydrogen-bond acceptors (Lipinski definition) is 3. The zero-order valence-electron chi connectivity index (χ0n) is 12.2. The first-order chi connectivity index (χ1) is 11.1. The second kappa shape index (κ2) is 6.43. The lowest BCUT2D eigenvalue weighted by Crippen LogP contribution is -2.43. The van der Waals surface area contributed by atoms with Crippen LogP contribution in [0.2, 0.25) is 0 Å². The third-order valence-corrected chi connectivity index (χ3v) is 3.56. The van der Waals surface area contributed by atoms with Gasteiger partial charge in [0.1, 0.15) is 17.7 Å². The molecule has 6 nitrogen and oxygen atoms in total. The first kappa shape index (κ1) is 15.0. The Morgan fingerprint density at radius 3 is 2.74 bits per heavy atom. The number of carbonyl (C=O) groups excluding carboxylic acids is 2. The Kier molecular flexibility index (Phi) is 4.18. The molecule has 7 heteroatoms. The second-order valence-corrected chi connectivity index (χ2v) is 5.10. The molecular formula is C16H15FN4O2. The molecule has 0 spiro atoms. The van der Waals surface area contributed by atoms with Crippen LogP contribution in [0.1, 0.15) is 6.42 Å². The number of benzene rings is 1. The maximum absolute atomic E-state index is 13.8. The van der Waals surface area contributed by atoms with Crippen molar-refractivity contribution in [3.8, 4) is 0 Å². The summed E-state index contributed by atoms with van der Waals surface area (Å²) in [7, 11) is 0. The molecule has 3 amide bonds. The molecule has 2 N–H and O–H groups in total. The summed E-state index contributed by atoms with van der Waals surface area (Å²) >= 11 is 0. The van der Waals surface area contributed by atoms with Crippen molar-refractivity contribution in [2.75, 3.05) is 16.8 Å². The molecule has 0 unspecified atom stereocenters. The number of rotatable bonds is 3. The van der Waals surface area contributed by atoms with Gasteiger partial charge in [0.25, 0.3) is 0 Å². The molecule has 2 aromatic rings. The summed E-state index contributed by atoms with van der Waals surface area (Å²) in [6, 6.07) is 9.99. The number of nitrogens with one attached hydrogen (secondary N) is 2. The summed E-state index contributed by atoms with van der Waals surface area (Å²) in [6.07, 6.45) is 1.97. The maximum atomic E-state index is 13.8. The quantitative estimate of drug-likeness (QED) is 0.911. The normalized spacial score (nSPS) is 17.2. The highest BCUT2D eigenvalue weighted by Gasteiger charge is 2.34. The lowest BCUT2D eigenvalue weighted by Gasteiger charge is -2.17. The Morgan fingerprint density at radius 2 is 2.00 bits per heavy atom. The van der Waals surface area contributed by atoms with Crippen molar-refractivity contribution in [1.29, 1.82) is 0 Å². The van der Waals surface area contributed by atoms with Crippen LogP contribution in [0.25, 0.3) is 0 Å². The molecule has 1 saturated heterocycles. The first-order valence-corrected chi connectivity index (χ1v) is 7.19. The van der Waals surface area contributed by atoms with Crippen LogP contribution in [0.3, 0.4) is 0 Å². The number of anilines is 2. The van der Waals surface area contributed by atoms with Gasteiger partial charge in [-0.05, 0) is 30.7 Å². The summed E-state index contributed by atoms with van der Waals surface area (Å²) in [6.45, 7) is 0.355. The topological polar surface area (TPSA) is 74.3 Å². The van der Waals surface area contributed by atoms with Gasteiger partial charge < -0.3 is 10.2 Å². The van der Waals surface area contributed by atoms with Crippen LogP contribution in [0.5, 0.6) is 0 Å². The smallest absolute Gasteiger partial charge is 0.321 e. The highest BCUT2D eigenvalue weighted by Crippen LogP contribution is 2.24. The van der Waals surface area contributed by atoms with E-state index in [0.717, 1.165) is 0 Å². The van der Waals surface area contributed by atoms with Gasteiger partial charge in [-0.15, -0.1) is 0 Å². The Labute approximate surface area is 132 Å². The standard InChI is InChI=1S/C16H15FN4O2/c17-11-5-1-2-6-13(11)21-10-8-12(15(21)22)19-16(23)20-14-7-3-4-9-18-14/h1-7,9,12H,8,10H2,(H2,18,19,20,23)/t12-/m0/s1. The Morgan fingerprint density at radius 1 is 1.22 bits per heavy atom. The first-order valence-electron chi connectivity index (χ1n) is 7.19. The molecule has 3 rings (SSSR count). The Bertz CT molecular complexity index is 723. The molecule has 0 radical (unpaired) electrons. The number of hydrogen-bond donors (Lipinski definition) is 2. The Balaban J connectivity index is 1.63. The van der Waals surface area contributed by atoms with Gasteiger partial charge in [0.2, 0.25) is 5.91 Å². The minimum absolute atomic E-state index is 0.229. The minimum atomic E-state index is -0.682. The largest absolute Gasteiger partial charge is 0.326 e. The lowest BCUT2D eigenvalue weighted by molar-refractivity contribution is -0.118. The van der Waals surface area contributed by atoms with E-state index in [1.807, 2.05) is 0 Å². The van der Waals surface area contributed by atoms with Crippen LogP contribution in [0, 0.1) is 5.82 Å². The zero-order chi connectivity index (χ0) is 16.2. The van der Waals surface area contributed by atoms with Gasteiger partial charge in [-0.2, -0.15) is 0 Å². The van der Waals surface area contributed by atoms with E-state index in [1.54, 1.807) is 42.6 Å². The van der Waals surface area contributed by atoms with Gasteiger partial charge in [-0.1, -0.05) is 18.2 Å². The number of pyridine rings is 1. The number of halogens is 1. The predicted octanol–water partition coefficient (Wildman–Crippen LogP) is 2.15. The van der Waals surface area contributed by atoms with E-state index in [1.165, 1.54) is 11.0 Å². The van der Waals surface area contributed by atoms with Gasteiger partial charge in [-0.25, -0.2) is 14.2 Å². The fourth-order valence-electron chi connectivity index (χ4n) is 2.47. The third kappa shape index (κ3) is 3.28. The van der Waals surface area contributed by atoms with E-state index >= 15 is 0 Å². The van der Waals surface area contributed by atoms with Crippen LogP contribution in [0.4, 0.5) is 20.7 Å². The lowest BCUT2D eigenvalue weighted by atomic mass is 10.2. The summed E-state index contributed by atoms with van der Waals surface area (Å²) in [5, 5.41) is 5.14. The molecule has 1 aliphatic rings. The van der Waals surface area contributed by atoms with Crippen molar-refractivity contribution in [2.24, 2.45) is 0 Å². The van der Waals surface area contributed by atoms with Crippen molar-refractivity contribution in [1.82, 2.24) is 10.3 Å². The van der Waals surface area contributed by atoms with Crippen molar-refractivity contribution < 1.29 is 14.0 Å². The number of nitrogens with zero attached hydrogens (tertiary/aromatic N) is 2. The van der Waals surface area contributed by atoms with Crippen molar-refractivity contribution in [3.63, 3.8) is 0 Å². The fourth-order valence-corrected chi connectivity index (χ4v) is 2.47. The van der Waals surface area contributed by atoms with Gasteiger partial charge in [0.05, 0.1) is 5.69 Å². The number of urea groups is 1.